The Morgan fingerprint density at radius 2 is 2.29 bits per heavy atom. The van der Waals surface area contributed by atoms with Gasteiger partial charge in [0.05, 0.1) is 12.7 Å². The Hall–Kier alpha value is -1.23. The van der Waals surface area contributed by atoms with Crippen LogP contribution in [0.25, 0.3) is 0 Å². The van der Waals surface area contributed by atoms with Crippen LogP contribution in [0, 0.1) is 5.92 Å². The van der Waals surface area contributed by atoms with Crippen molar-refractivity contribution >= 4 is 21.7 Å². The van der Waals surface area contributed by atoms with Gasteiger partial charge in [-0.15, -0.1) is 0 Å². The van der Waals surface area contributed by atoms with Crippen LogP contribution in [0.4, 0.5) is 5.82 Å². The monoisotopic (exact) mass is 295 g/mol. The highest BCUT2D eigenvalue weighted by molar-refractivity contribution is 9.10. The summed E-state index contributed by atoms with van der Waals surface area (Å²) >= 11 is 3.29. The van der Waals surface area contributed by atoms with Crippen LogP contribution in [0.3, 0.4) is 0 Å². The average molecular weight is 296 g/mol. The fourth-order valence-corrected chi connectivity index (χ4v) is 2.14. The lowest BCUT2D eigenvalue weighted by Crippen LogP contribution is -2.08. The highest BCUT2D eigenvalue weighted by atomic mass is 79.9. The van der Waals surface area contributed by atoms with Crippen molar-refractivity contribution < 1.29 is 4.42 Å². The zero-order valence-electron chi connectivity index (χ0n) is 9.40. The second-order valence-corrected chi connectivity index (χ2v) is 5.18. The predicted octanol–water partition coefficient (Wildman–Crippen LogP) is 3.26. The Morgan fingerprint density at radius 1 is 1.41 bits per heavy atom. The molecule has 4 nitrogen and oxygen atoms in total. The number of halogens is 1. The molecule has 1 saturated carbocycles. The molecule has 2 aromatic heterocycles. The highest BCUT2D eigenvalue weighted by Crippen LogP contribution is 2.31. The van der Waals surface area contributed by atoms with Gasteiger partial charge in [0.25, 0.3) is 0 Å². The smallest absolute Gasteiger partial charge is 0.169 e. The van der Waals surface area contributed by atoms with E-state index >= 15 is 0 Å². The Morgan fingerprint density at radius 3 is 3.00 bits per heavy atom. The Kier molecular flexibility index (Phi) is 2.93. The first kappa shape index (κ1) is 10.9. The Balaban J connectivity index is 1.62. The number of rotatable bonds is 5. The van der Waals surface area contributed by atoms with Crippen LogP contribution in [0.15, 0.2) is 33.5 Å². The van der Waals surface area contributed by atoms with E-state index in [2.05, 4.69) is 26.3 Å². The molecule has 2 aromatic rings. The minimum Gasteiger partial charge on any atom is -0.452 e. The van der Waals surface area contributed by atoms with Gasteiger partial charge in [-0.2, -0.15) is 5.10 Å². The fraction of sp³-hybridized carbons (Fsp3) is 0.417. The van der Waals surface area contributed by atoms with Crippen molar-refractivity contribution in [2.45, 2.75) is 25.9 Å². The third-order valence-electron chi connectivity index (χ3n) is 2.92. The van der Waals surface area contributed by atoms with E-state index in [1.54, 1.807) is 0 Å². The van der Waals surface area contributed by atoms with E-state index in [1.807, 2.05) is 29.1 Å². The zero-order valence-corrected chi connectivity index (χ0v) is 11.0. The molecular formula is C12H14BrN3O. The molecule has 17 heavy (non-hydrogen) atoms. The maximum absolute atomic E-state index is 5.44. The quantitative estimate of drug-likeness (QED) is 0.921. The van der Waals surface area contributed by atoms with Crippen molar-refractivity contribution in [2.75, 3.05) is 5.32 Å². The van der Waals surface area contributed by atoms with Gasteiger partial charge in [-0.25, -0.2) is 4.68 Å². The molecule has 90 valence electrons. The lowest BCUT2D eigenvalue weighted by atomic mass is 10.4. The summed E-state index contributed by atoms with van der Waals surface area (Å²) in [4.78, 5) is 0. The molecule has 0 unspecified atom stereocenters. The van der Waals surface area contributed by atoms with Crippen molar-refractivity contribution in [3.8, 4) is 0 Å². The summed E-state index contributed by atoms with van der Waals surface area (Å²) in [5, 5.41) is 7.67. The fourth-order valence-electron chi connectivity index (χ4n) is 1.80. The van der Waals surface area contributed by atoms with E-state index in [0.717, 1.165) is 28.7 Å². The van der Waals surface area contributed by atoms with Gasteiger partial charge in [-0.05, 0) is 46.8 Å². The van der Waals surface area contributed by atoms with Gasteiger partial charge in [0.2, 0.25) is 0 Å². The van der Waals surface area contributed by atoms with E-state index < -0.39 is 0 Å². The maximum atomic E-state index is 5.44. The SMILES string of the molecule is Brc1ccc(CNc2ccnn2CC2CC2)o1. The zero-order chi connectivity index (χ0) is 11.7. The summed E-state index contributed by atoms with van der Waals surface area (Å²) in [6, 6.07) is 5.86. The van der Waals surface area contributed by atoms with Crippen LogP contribution < -0.4 is 5.32 Å². The molecule has 0 aliphatic heterocycles. The summed E-state index contributed by atoms with van der Waals surface area (Å²) in [5.41, 5.74) is 0. The molecule has 5 heteroatoms. The molecule has 1 aliphatic rings. The number of hydrogen-bond donors (Lipinski definition) is 1. The van der Waals surface area contributed by atoms with Crippen LogP contribution in [-0.2, 0) is 13.1 Å². The molecule has 0 bridgehead atoms. The molecular weight excluding hydrogens is 282 g/mol. The minimum atomic E-state index is 0.683. The van der Waals surface area contributed by atoms with Gasteiger partial charge in [0, 0.05) is 12.6 Å². The third-order valence-corrected chi connectivity index (χ3v) is 3.34. The molecule has 0 spiro atoms. The number of anilines is 1. The number of nitrogens with one attached hydrogen (secondary N) is 1. The summed E-state index contributed by atoms with van der Waals surface area (Å²) in [6.07, 6.45) is 4.51. The minimum absolute atomic E-state index is 0.683. The average Bonchev–Trinajstić information content (AvgIpc) is 2.84. The van der Waals surface area contributed by atoms with Gasteiger partial charge in [0.15, 0.2) is 4.67 Å². The van der Waals surface area contributed by atoms with E-state index in [-0.39, 0.29) is 0 Å². The molecule has 0 saturated heterocycles. The lowest BCUT2D eigenvalue weighted by molar-refractivity contribution is 0.493. The van der Waals surface area contributed by atoms with Crippen LogP contribution in [-0.4, -0.2) is 9.78 Å². The first-order valence-electron chi connectivity index (χ1n) is 5.81. The molecule has 0 amide bonds. The molecule has 1 aliphatic carbocycles. The molecule has 1 fully saturated rings. The summed E-state index contributed by atoms with van der Waals surface area (Å²) in [7, 11) is 0. The second-order valence-electron chi connectivity index (χ2n) is 4.40. The van der Waals surface area contributed by atoms with Crippen LogP contribution in [0.5, 0.6) is 0 Å². The van der Waals surface area contributed by atoms with Crippen molar-refractivity contribution in [1.82, 2.24) is 9.78 Å². The van der Waals surface area contributed by atoms with Crippen LogP contribution in [0.2, 0.25) is 0 Å². The lowest BCUT2D eigenvalue weighted by Gasteiger charge is -2.07. The summed E-state index contributed by atoms with van der Waals surface area (Å²) in [6.45, 7) is 1.71. The number of hydrogen-bond acceptors (Lipinski definition) is 3. The topological polar surface area (TPSA) is 43.0 Å². The molecule has 2 heterocycles. The summed E-state index contributed by atoms with van der Waals surface area (Å²) < 4.78 is 8.24. The molecule has 0 aromatic carbocycles. The van der Waals surface area contributed by atoms with Crippen molar-refractivity contribution in [1.29, 1.82) is 0 Å². The molecule has 3 rings (SSSR count). The third kappa shape index (κ3) is 2.72. The maximum Gasteiger partial charge on any atom is 0.169 e. The van der Waals surface area contributed by atoms with Gasteiger partial charge in [0.1, 0.15) is 11.6 Å². The number of furan rings is 1. The first-order valence-corrected chi connectivity index (χ1v) is 6.60. The van der Waals surface area contributed by atoms with Crippen molar-refractivity contribution in [3.05, 3.63) is 34.8 Å². The second kappa shape index (κ2) is 4.56. The number of aromatic nitrogens is 2. The summed E-state index contributed by atoms with van der Waals surface area (Å²) in [5.74, 6) is 2.80. The van der Waals surface area contributed by atoms with Gasteiger partial charge in [-0.3, -0.25) is 0 Å². The molecule has 0 atom stereocenters. The van der Waals surface area contributed by atoms with Crippen LogP contribution in [0.1, 0.15) is 18.6 Å². The van der Waals surface area contributed by atoms with Crippen molar-refractivity contribution in [2.24, 2.45) is 5.92 Å². The largest absolute Gasteiger partial charge is 0.452 e. The predicted molar refractivity (Wildman–Crippen MR) is 68.7 cm³/mol. The van der Waals surface area contributed by atoms with Gasteiger partial charge >= 0.3 is 0 Å². The Bertz CT molecular complexity index is 501. The molecule has 0 radical (unpaired) electrons. The normalized spacial score (nSPS) is 15.1. The first-order chi connectivity index (χ1) is 8.31. The van der Waals surface area contributed by atoms with Crippen LogP contribution >= 0.6 is 15.9 Å². The van der Waals surface area contributed by atoms with Crippen molar-refractivity contribution in [3.63, 3.8) is 0 Å². The van der Waals surface area contributed by atoms with E-state index in [4.69, 9.17) is 4.42 Å². The number of nitrogens with zero attached hydrogens (tertiary/aromatic N) is 2. The van der Waals surface area contributed by atoms with Gasteiger partial charge < -0.3 is 9.73 Å². The standard InChI is InChI=1S/C12H14BrN3O/c13-11-4-3-10(17-11)7-14-12-5-6-15-16(12)8-9-1-2-9/h3-6,9,14H,1-2,7-8H2. The van der Waals surface area contributed by atoms with Gasteiger partial charge in [-0.1, -0.05) is 0 Å². The molecule has 1 N–H and O–H groups in total. The van der Waals surface area contributed by atoms with E-state index in [0.29, 0.717) is 6.54 Å². The highest BCUT2D eigenvalue weighted by Gasteiger charge is 2.22. The van der Waals surface area contributed by atoms with E-state index in [9.17, 15) is 0 Å². The van der Waals surface area contributed by atoms with E-state index in [1.165, 1.54) is 12.8 Å². The Labute approximate surface area is 108 Å².